The molecule has 3 aromatic heterocycles. The molecule has 0 bridgehead atoms. The van der Waals surface area contributed by atoms with Gasteiger partial charge >= 0.3 is 0 Å². The van der Waals surface area contributed by atoms with Crippen molar-refractivity contribution in [2.45, 2.75) is 25.6 Å². The van der Waals surface area contributed by atoms with E-state index in [1.807, 2.05) is 63.7 Å². The summed E-state index contributed by atoms with van der Waals surface area (Å²) in [5.41, 5.74) is 1.47. The Morgan fingerprint density at radius 2 is 1.84 bits per heavy atom. The minimum atomic E-state index is -0.0934. The monoisotopic (exact) mass is 459 g/mol. The van der Waals surface area contributed by atoms with Gasteiger partial charge in [-0.25, -0.2) is 9.25 Å². The molecule has 4 heterocycles. The molecular weight excluding hydrogens is 438 g/mol. The van der Waals surface area contributed by atoms with Gasteiger partial charge in [-0.2, -0.15) is 0 Å². The van der Waals surface area contributed by atoms with Crippen molar-refractivity contribution in [2.75, 3.05) is 6.54 Å². The fraction of sp³-hybridized carbons (Fsp3) is 0.208. The Morgan fingerprint density at radius 1 is 1.03 bits per heavy atom. The third kappa shape index (κ3) is 3.06. The smallest absolute Gasteiger partial charge is 0.267 e. The highest BCUT2D eigenvalue weighted by atomic mass is 32.1. The maximum absolute atomic E-state index is 13.5. The van der Waals surface area contributed by atoms with Crippen LogP contribution in [0.4, 0.5) is 0 Å². The molecule has 0 N–H and O–H groups in total. The molecule has 2 aromatic carbocycles. The van der Waals surface area contributed by atoms with Gasteiger partial charge < -0.3 is 0 Å². The summed E-state index contributed by atoms with van der Waals surface area (Å²) in [6.07, 6.45) is 2.29. The van der Waals surface area contributed by atoms with Crippen LogP contribution in [-0.2, 0) is 6.67 Å². The van der Waals surface area contributed by atoms with Crippen molar-refractivity contribution in [3.05, 3.63) is 92.1 Å². The summed E-state index contributed by atoms with van der Waals surface area (Å²) in [5, 5.41) is 7.63. The Hall–Kier alpha value is -3.07. The van der Waals surface area contributed by atoms with E-state index in [4.69, 9.17) is 17.3 Å². The number of thiophene rings is 1. The van der Waals surface area contributed by atoms with Gasteiger partial charge in [-0.1, -0.05) is 36.4 Å². The standard InChI is InChI=1S/C24H21N5OS2/c30-22-18-10-4-5-11-19(18)29-23(28(22)17-8-2-1-3-9-17)25-27(24(29)31)16-26-14-6-12-20(26)21-13-7-15-32-21/h1-5,7-11,13,15,20H,6,12,14,16H2. The lowest BCUT2D eigenvalue weighted by molar-refractivity contribution is 0.192. The van der Waals surface area contributed by atoms with Crippen LogP contribution in [0.15, 0.2) is 76.9 Å². The minimum Gasteiger partial charge on any atom is -0.276 e. The van der Waals surface area contributed by atoms with Gasteiger partial charge in [-0.3, -0.25) is 14.1 Å². The fourth-order valence-electron chi connectivity index (χ4n) is 4.69. The zero-order valence-corrected chi connectivity index (χ0v) is 18.9. The van der Waals surface area contributed by atoms with Crippen LogP contribution in [0.3, 0.4) is 0 Å². The van der Waals surface area contributed by atoms with E-state index < -0.39 is 0 Å². The maximum Gasteiger partial charge on any atom is 0.267 e. The number of para-hydroxylation sites is 2. The van der Waals surface area contributed by atoms with E-state index in [1.54, 1.807) is 15.9 Å². The zero-order valence-electron chi connectivity index (χ0n) is 17.3. The number of hydrogen-bond donors (Lipinski definition) is 0. The van der Waals surface area contributed by atoms with Crippen molar-refractivity contribution in [3.63, 3.8) is 0 Å². The highest BCUT2D eigenvalue weighted by Gasteiger charge is 2.28. The Kier molecular flexibility index (Phi) is 4.78. The van der Waals surface area contributed by atoms with E-state index in [0.717, 1.165) is 30.6 Å². The summed E-state index contributed by atoms with van der Waals surface area (Å²) in [4.78, 5) is 17.3. The number of benzene rings is 2. The van der Waals surface area contributed by atoms with Crippen LogP contribution in [-0.4, -0.2) is 30.2 Å². The molecule has 0 radical (unpaired) electrons. The van der Waals surface area contributed by atoms with E-state index in [1.165, 1.54) is 4.88 Å². The molecule has 6 rings (SSSR count). The second-order valence-electron chi connectivity index (χ2n) is 8.04. The number of rotatable bonds is 4. The van der Waals surface area contributed by atoms with Crippen LogP contribution in [0.2, 0.25) is 0 Å². The number of fused-ring (bicyclic) bond motifs is 3. The normalized spacial score (nSPS) is 16.9. The highest BCUT2D eigenvalue weighted by molar-refractivity contribution is 7.71. The average Bonchev–Trinajstić information content (AvgIpc) is 3.56. The van der Waals surface area contributed by atoms with E-state index in [-0.39, 0.29) is 5.56 Å². The number of hydrogen-bond acceptors (Lipinski definition) is 5. The molecule has 32 heavy (non-hydrogen) atoms. The second kappa shape index (κ2) is 7.81. The van der Waals surface area contributed by atoms with E-state index in [9.17, 15) is 4.79 Å². The summed E-state index contributed by atoms with van der Waals surface area (Å²) < 4.78 is 6.05. The van der Waals surface area contributed by atoms with Gasteiger partial charge in [0, 0.05) is 17.5 Å². The molecule has 1 unspecified atom stereocenters. The van der Waals surface area contributed by atoms with Crippen LogP contribution in [0, 0.1) is 4.77 Å². The van der Waals surface area contributed by atoms with Crippen LogP contribution in [0.25, 0.3) is 22.4 Å². The van der Waals surface area contributed by atoms with Gasteiger partial charge in [0.2, 0.25) is 10.5 Å². The summed E-state index contributed by atoms with van der Waals surface area (Å²) in [6.45, 7) is 1.60. The van der Waals surface area contributed by atoms with E-state index in [2.05, 4.69) is 22.4 Å². The van der Waals surface area contributed by atoms with Gasteiger partial charge in [0.05, 0.1) is 23.3 Å². The quantitative estimate of drug-likeness (QED) is 0.354. The van der Waals surface area contributed by atoms with Gasteiger partial charge in [0.1, 0.15) is 0 Å². The predicted molar refractivity (Wildman–Crippen MR) is 130 cm³/mol. The van der Waals surface area contributed by atoms with Gasteiger partial charge in [0.15, 0.2) is 0 Å². The Bertz CT molecular complexity index is 1530. The molecule has 0 aliphatic carbocycles. The molecule has 1 saturated heterocycles. The molecule has 1 aliphatic heterocycles. The van der Waals surface area contributed by atoms with Crippen LogP contribution < -0.4 is 5.56 Å². The second-order valence-corrected chi connectivity index (χ2v) is 9.38. The third-order valence-electron chi connectivity index (χ3n) is 6.17. The maximum atomic E-state index is 13.5. The Balaban J connectivity index is 1.56. The molecule has 1 fully saturated rings. The van der Waals surface area contributed by atoms with E-state index in [0.29, 0.717) is 28.6 Å². The molecule has 6 nitrogen and oxygen atoms in total. The predicted octanol–water partition coefficient (Wildman–Crippen LogP) is 5.03. The fourth-order valence-corrected chi connectivity index (χ4v) is 5.86. The first-order valence-electron chi connectivity index (χ1n) is 10.7. The summed E-state index contributed by atoms with van der Waals surface area (Å²) in [6, 6.07) is 21.9. The molecule has 1 aliphatic rings. The zero-order chi connectivity index (χ0) is 21.7. The van der Waals surface area contributed by atoms with Crippen LogP contribution in [0.1, 0.15) is 23.8 Å². The summed E-state index contributed by atoms with van der Waals surface area (Å²) in [5.74, 6) is 0.539. The van der Waals surface area contributed by atoms with Crippen LogP contribution in [0.5, 0.6) is 0 Å². The van der Waals surface area contributed by atoms with Crippen molar-refractivity contribution in [1.82, 2.24) is 23.6 Å². The lowest BCUT2D eigenvalue weighted by atomic mass is 10.2. The minimum absolute atomic E-state index is 0.0934. The molecule has 1 atom stereocenters. The molecule has 0 saturated carbocycles. The summed E-state index contributed by atoms with van der Waals surface area (Å²) in [7, 11) is 0. The third-order valence-corrected chi connectivity index (χ3v) is 7.53. The summed E-state index contributed by atoms with van der Waals surface area (Å²) >= 11 is 7.70. The lowest BCUT2D eigenvalue weighted by Gasteiger charge is -2.23. The highest BCUT2D eigenvalue weighted by Crippen LogP contribution is 2.34. The average molecular weight is 460 g/mol. The van der Waals surface area contributed by atoms with Crippen molar-refractivity contribution in [3.8, 4) is 5.69 Å². The number of aromatic nitrogens is 4. The number of nitrogens with zero attached hydrogens (tertiary/aromatic N) is 5. The van der Waals surface area contributed by atoms with Crippen LogP contribution >= 0.6 is 23.6 Å². The first kappa shape index (κ1) is 19.6. The molecule has 5 aromatic rings. The van der Waals surface area contributed by atoms with Gasteiger partial charge in [0.25, 0.3) is 5.56 Å². The van der Waals surface area contributed by atoms with E-state index >= 15 is 0 Å². The van der Waals surface area contributed by atoms with Gasteiger partial charge in [-0.05, 0) is 60.8 Å². The SMILES string of the molecule is O=c1c2ccccc2n2c(=S)n(CN3CCCC3c3cccs3)nc2n1-c1ccccc1. The largest absolute Gasteiger partial charge is 0.276 e. The lowest BCUT2D eigenvalue weighted by Crippen LogP contribution is -2.26. The molecule has 0 amide bonds. The first-order chi connectivity index (χ1) is 15.7. The van der Waals surface area contributed by atoms with Crippen molar-refractivity contribution >= 4 is 40.2 Å². The Labute approximate surface area is 193 Å². The molecule has 8 heteroatoms. The van der Waals surface area contributed by atoms with Gasteiger partial charge in [-0.15, -0.1) is 16.4 Å². The van der Waals surface area contributed by atoms with Crippen molar-refractivity contribution in [2.24, 2.45) is 0 Å². The molecule has 160 valence electrons. The number of likely N-dealkylation sites (tertiary alicyclic amines) is 1. The Morgan fingerprint density at radius 3 is 2.66 bits per heavy atom. The molecular formula is C24H21N5OS2. The topological polar surface area (TPSA) is 47.5 Å². The first-order valence-corrected chi connectivity index (χ1v) is 12.0. The van der Waals surface area contributed by atoms with Crippen molar-refractivity contribution < 1.29 is 0 Å². The van der Waals surface area contributed by atoms with Crippen molar-refractivity contribution in [1.29, 1.82) is 0 Å². The molecule has 0 spiro atoms.